The third kappa shape index (κ3) is 9.97. The van der Waals surface area contributed by atoms with E-state index in [2.05, 4.69) is 43.6 Å². The Bertz CT molecular complexity index is 1830. The molecule has 0 atom stereocenters. The molecular weight excluding hydrogens is 816 g/mol. The van der Waals surface area contributed by atoms with E-state index in [0.717, 1.165) is 16.3 Å². The first-order valence-electron chi connectivity index (χ1n) is 12.3. The molecule has 4 aromatic heterocycles. The molecule has 0 aliphatic heterocycles. The average Bonchev–Trinajstić information content (AvgIpc) is 3.03. The fourth-order valence-corrected chi connectivity index (χ4v) is 3.91. The summed E-state index contributed by atoms with van der Waals surface area (Å²) in [6, 6.07) is 14.5. The maximum Gasteiger partial charge on any atom is 0.356 e. The minimum Gasteiger partial charge on any atom is -0.476 e. The number of nitrogens with two attached hydrogens (primary N) is 1. The fraction of sp³-hybridized carbons (Fsp3) is 0. The maximum absolute atomic E-state index is 12.1. The van der Waals surface area contributed by atoms with Crippen LogP contribution < -0.4 is 11.1 Å². The van der Waals surface area contributed by atoms with E-state index in [1.165, 1.54) is 37.2 Å². The number of nitrogens with one attached hydrogen (secondary N) is 1. The summed E-state index contributed by atoms with van der Waals surface area (Å²) in [7, 11) is 3.75. The van der Waals surface area contributed by atoms with Crippen molar-refractivity contribution in [2.24, 2.45) is 0 Å². The molecule has 15 heteroatoms. The molecule has 6 rings (SSSR count). The summed E-state index contributed by atoms with van der Waals surface area (Å²) in [4.78, 5) is 45.5. The van der Waals surface area contributed by atoms with E-state index in [4.69, 9.17) is 35.4 Å². The molecule has 212 valence electrons. The first-order valence-corrected chi connectivity index (χ1v) is 12.5. The van der Waals surface area contributed by atoms with E-state index in [-0.39, 0.29) is 48.4 Å². The zero-order chi connectivity index (χ0) is 31.2. The summed E-state index contributed by atoms with van der Waals surface area (Å²) in [5.74, 6) is -1.41. The smallest absolute Gasteiger partial charge is 0.356 e. The number of nitrogens with zero attached hydrogens (tertiary/aromatic N) is 6. The van der Waals surface area contributed by atoms with Crippen molar-refractivity contribution in [1.82, 2.24) is 29.9 Å². The molecule has 6 aromatic rings. The number of nitrogen functional groups attached to an aromatic ring is 1. The van der Waals surface area contributed by atoms with Crippen molar-refractivity contribution < 1.29 is 45.8 Å². The Kier molecular flexibility index (Phi) is 13.3. The van der Waals surface area contributed by atoms with Crippen LogP contribution in [0.4, 0.5) is 11.4 Å². The van der Waals surface area contributed by atoms with Crippen molar-refractivity contribution >= 4 is 76.6 Å². The van der Waals surface area contributed by atoms with Crippen LogP contribution >= 0.6 is 23.2 Å². The van der Waals surface area contributed by atoms with Crippen LogP contribution in [0.5, 0.6) is 0 Å². The molecule has 0 aliphatic carbocycles. The minimum atomic E-state index is -1.05. The summed E-state index contributed by atoms with van der Waals surface area (Å²) in [6.45, 7) is 0. The Labute approximate surface area is 282 Å². The molecule has 0 saturated carbocycles. The van der Waals surface area contributed by atoms with Crippen molar-refractivity contribution in [3.8, 4) is 0 Å². The van der Waals surface area contributed by atoms with Crippen LogP contribution in [-0.4, -0.2) is 56.6 Å². The van der Waals surface area contributed by atoms with Gasteiger partial charge in [-0.15, -0.1) is 0 Å². The van der Waals surface area contributed by atoms with Gasteiger partial charge in [-0.2, -0.15) is 0 Å². The van der Waals surface area contributed by atoms with Crippen LogP contribution in [0.1, 0.15) is 21.0 Å². The predicted molar refractivity (Wildman–Crippen MR) is 164 cm³/mol. The van der Waals surface area contributed by atoms with Gasteiger partial charge in [-0.1, -0.05) is 35.3 Å². The van der Waals surface area contributed by atoms with Crippen LogP contribution in [0, 0.1) is 31.1 Å². The molecule has 1 amide bonds. The number of aromatic carboxylic acids is 1. The number of carboxylic acid groups (broad SMARTS) is 1. The van der Waals surface area contributed by atoms with Gasteiger partial charge in [-0.3, -0.25) is 24.7 Å². The van der Waals surface area contributed by atoms with E-state index < -0.39 is 5.97 Å². The molecule has 43 heavy (non-hydrogen) atoms. The second kappa shape index (κ2) is 17.1. The Balaban J connectivity index is 0.000000241. The fourth-order valence-electron chi connectivity index (χ4n) is 3.45. The number of halogens is 2. The monoisotopic (exact) mass is 838 g/mol. The molecule has 0 unspecified atom stereocenters. The van der Waals surface area contributed by atoms with Crippen molar-refractivity contribution in [2.75, 3.05) is 11.1 Å². The summed E-state index contributed by atoms with van der Waals surface area (Å²) >= 11 is 11.9. The number of rotatable bonds is 3. The number of amides is 1. The van der Waals surface area contributed by atoms with Crippen LogP contribution in [0.25, 0.3) is 21.8 Å². The number of fused-ring (bicyclic) bond motifs is 2. The third-order valence-electron chi connectivity index (χ3n) is 5.20. The molecule has 0 spiro atoms. The number of pyridine rings is 2. The zero-order valence-electron chi connectivity index (χ0n) is 23.1. The number of carbonyl (C=O) groups is 2. The summed E-state index contributed by atoms with van der Waals surface area (Å²) in [6.07, 6.45) is 11.7. The van der Waals surface area contributed by atoms with Crippen molar-refractivity contribution in [2.45, 2.75) is 0 Å². The van der Waals surface area contributed by atoms with Gasteiger partial charge in [0.25, 0.3) is 5.91 Å². The van der Waals surface area contributed by atoms with Gasteiger partial charge < -0.3 is 16.2 Å². The third-order valence-corrected chi connectivity index (χ3v) is 5.63. The molecule has 4 heterocycles. The van der Waals surface area contributed by atoms with Gasteiger partial charge in [0.2, 0.25) is 0 Å². The molecule has 4 N–H and O–H groups in total. The Morgan fingerprint density at radius 3 is 1.84 bits per heavy atom. The van der Waals surface area contributed by atoms with E-state index in [0.29, 0.717) is 26.9 Å². The largest absolute Gasteiger partial charge is 0.476 e. The standard InChI is InChI=1S/C14H9ClN4O.C9H7ClN2.C5H4N2O2.BH.U/c15-10-6-9-2-1-3-18-13(9)11(7-10)19-14(20)12-8-16-4-5-17-12;10-7-4-6-2-1-3-12-9(6)8(11)5-7;8-5(9)4-3-6-1-2-7-4;;/h1-8H,(H,19,20);1-5H,11H2;1-3H,(H,8,9);1H;/i;;;1T;. The van der Waals surface area contributed by atoms with Crippen molar-refractivity contribution in [3.05, 3.63) is 120 Å². The molecule has 2 radical (unpaired) electrons. The normalized spacial score (nSPS) is 9.77. The van der Waals surface area contributed by atoms with E-state index in [1.807, 2.05) is 30.3 Å². The number of aromatic nitrogens is 6. The number of carboxylic acids is 1. The van der Waals surface area contributed by atoms with Crippen molar-refractivity contribution in [3.63, 3.8) is 0 Å². The Morgan fingerprint density at radius 2 is 1.30 bits per heavy atom. The molecule has 2 aromatic carbocycles. The number of anilines is 2. The Hall–Kier alpha value is -4.14. The van der Waals surface area contributed by atoms with E-state index in [9.17, 15) is 9.59 Å². The minimum absolute atomic E-state index is 0. The molecule has 0 saturated heterocycles. The van der Waals surface area contributed by atoms with Crippen LogP contribution in [-0.2, 0) is 0 Å². The van der Waals surface area contributed by atoms with Gasteiger partial charge in [-0.05, 0) is 37.7 Å². The summed E-state index contributed by atoms with van der Waals surface area (Å²) in [5.41, 5.74) is 8.56. The van der Waals surface area contributed by atoms with E-state index >= 15 is 0 Å². The maximum atomic E-state index is 12.1. The van der Waals surface area contributed by atoms with Gasteiger partial charge in [0.15, 0.2) is 5.69 Å². The number of hydrogen-bond acceptors (Lipinski definition) is 9. The molecule has 0 fully saturated rings. The quantitative estimate of drug-likeness (QED) is 0.164. The van der Waals surface area contributed by atoms with Gasteiger partial charge in [0.1, 0.15) is 5.69 Å². The SMILES string of the molecule is Nc1cc(Cl)cc2cccnc12.O=C(Nc1cc(Cl)cc2cccnc12)c1cnccn1.O=C(O)c1cnccn1.[3H][B].[U]. The van der Waals surface area contributed by atoms with Gasteiger partial charge in [-0.25, -0.2) is 14.8 Å². The van der Waals surface area contributed by atoms with Crippen LogP contribution in [0.15, 0.2) is 98.1 Å². The second-order valence-electron chi connectivity index (χ2n) is 8.04. The molecule has 0 aliphatic rings. The van der Waals surface area contributed by atoms with Gasteiger partial charge in [0, 0.05) is 97.5 Å². The summed E-state index contributed by atoms with van der Waals surface area (Å²) < 4.78 is 5.25. The topological polar surface area (TPSA) is 170 Å². The van der Waals surface area contributed by atoms with E-state index in [1.54, 1.807) is 30.6 Å². The van der Waals surface area contributed by atoms with Crippen molar-refractivity contribution in [1.29, 1.82) is 1.34 Å². The molecule has 11 nitrogen and oxygen atoms in total. The molecular formula is C28H21BCl2N8O3U. The molecule has 0 bridgehead atoms. The van der Waals surface area contributed by atoms with Crippen LogP contribution in [0.2, 0.25) is 10.0 Å². The summed E-state index contributed by atoms with van der Waals surface area (Å²) in [5, 5.41) is 14.0. The van der Waals surface area contributed by atoms with Gasteiger partial charge >= 0.3 is 5.97 Å². The van der Waals surface area contributed by atoms with Crippen LogP contribution in [0.3, 0.4) is 0 Å². The first-order chi connectivity index (χ1) is 20.8. The number of carbonyl (C=O) groups excluding carboxylic acids is 1. The van der Waals surface area contributed by atoms with Gasteiger partial charge in [0.05, 0.1) is 34.8 Å². The number of hydrogen-bond donors (Lipinski definition) is 3. The zero-order valence-corrected chi connectivity index (χ0v) is 27.8. The Morgan fingerprint density at radius 1 is 0.767 bits per heavy atom. The predicted octanol–water partition coefficient (Wildman–Crippen LogP) is 4.93. The average molecular weight is 839 g/mol. The second-order valence-corrected chi connectivity index (χ2v) is 8.91. The number of benzene rings is 2. The first kappa shape index (κ1) is 33.4.